The number of hydrogen-bond donors (Lipinski definition) is 1. The van der Waals surface area contributed by atoms with Crippen molar-refractivity contribution in [2.75, 3.05) is 38.1 Å². The number of fused-ring (bicyclic) bond motifs is 1. The number of ether oxygens (including phenoxy) is 1. The van der Waals surface area contributed by atoms with Crippen molar-refractivity contribution in [2.45, 2.75) is 6.23 Å². The van der Waals surface area contributed by atoms with Crippen molar-refractivity contribution in [1.29, 1.82) is 0 Å². The molecular weight excluding hydrogens is 372 g/mol. The van der Waals surface area contributed by atoms with Crippen LogP contribution in [-0.4, -0.2) is 65.1 Å². The molecule has 0 unspecified atom stereocenters. The Morgan fingerprint density at radius 3 is 2.67 bits per heavy atom. The van der Waals surface area contributed by atoms with E-state index in [-0.39, 0.29) is 5.69 Å². The first kappa shape index (κ1) is 17.6. The molecule has 9 nitrogen and oxygen atoms in total. The Balaban J connectivity index is 1.63. The van der Waals surface area contributed by atoms with Crippen LogP contribution in [-0.2, 0) is 4.74 Å². The molecule has 0 bridgehead atoms. The molecule has 2 aliphatic heterocycles. The minimum atomic E-state index is -1.02. The lowest BCUT2D eigenvalue weighted by Crippen LogP contribution is -3.12. The minimum Gasteiger partial charge on any atom is -0.419 e. The summed E-state index contributed by atoms with van der Waals surface area (Å²) in [4.78, 5) is 42.3. The van der Waals surface area contributed by atoms with Crippen molar-refractivity contribution in [3.63, 3.8) is 0 Å². The van der Waals surface area contributed by atoms with Crippen LogP contribution >= 0.6 is 11.6 Å². The van der Waals surface area contributed by atoms with Gasteiger partial charge < -0.3 is 9.64 Å². The zero-order valence-electron chi connectivity index (χ0n) is 14.6. The summed E-state index contributed by atoms with van der Waals surface area (Å²) in [5, 5.41) is 0.438. The molecule has 0 saturated carbocycles. The Morgan fingerprint density at radius 2 is 1.96 bits per heavy atom. The molecule has 4 rings (SSSR count). The van der Waals surface area contributed by atoms with Crippen LogP contribution in [0, 0.1) is 0 Å². The Kier molecular flexibility index (Phi) is 4.63. The maximum Gasteiger partial charge on any atom is 0.412 e. The van der Waals surface area contributed by atoms with Crippen molar-refractivity contribution in [1.82, 2.24) is 19.9 Å². The fourth-order valence-electron chi connectivity index (χ4n) is 3.12. The number of piperazine rings is 1. The SMILES string of the molecule is C[NH+]1CCN(C(=O)O[C@@H]2c3nccnc3C(=O)N2c2ccc(Cl)cn2)CC1. The van der Waals surface area contributed by atoms with E-state index >= 15 is 0 Å². The van der Waals surface area contributed by atoms with Gasteiger partial charge in [-0.25, -0.2) is 19.7 Å². The van der Waals surface area contributed by atoms with Gasteiger partial charge in [-0.2, -0.15) is 0 Å². The van der Waals surface area contributed by atoms with Gasteiger partial charge in [-0.1, -0.05) is 11.6 Å². The number of anilines is 1. The van der Waals surface area contributed by atoms with Crippen LogP contribution in [0.15, 0.2) is 30.7 Å². The third-order valence-corrected chi connectivity index (χ3v) is 4.89. The van der Waals surface area contributed by atoms with E-state index in [0.29, 0.717) is 29.6 Å². The summed E-state index contributed by atoms with van der Waals surface area (Å²) in [5.41, 5.74) is 0.447. The highest BCUT2D eigenvalue weighted by molar-refractivity contribution is 6.30. The lowest BCUT2D eigenvalue weighted by atomic mass is 10.3. The van der Waals surface area contributed by atoms with Gasteiger partial charge in [-0.05, 0) is 12.1 Å². The van der Waals surface area contributed by atoms with Crippen molar-refractivity contribution < 1.29 is 19.2 Å². The van der Waals surface area contributed by atoms with E-state index in [1.165, 1.54) is 28.4 Å². The maximum absolute atomic E-state index is 12.8. The number of carbonyl (C=O) groups is 2. The van der Waals surface area contributed by atoms with Gasteiger partial charge in [0.25, 0.3) is 5.91 Å². The van der Waals surface area contributed by atoms with E-state index in [1.807, 2.05) is 0 Å². The molecule has 1 N–H and O–H groups in total. The summed E-state index contributed by atoms with van der Waals surface area (Å²) in [7, 11) is 2.08. The van der Waals surface area contributed by atoms with E-state index in [2.05, 4.69) is 22.0 Å². The summed E-state index contributed by atoms with van der Waals surface area (Å²) < 4.78 is 5.69. The molecule has 2 amide bonds. The summed E-state index contributed by atoms with van der Waals surface area (Å²) in [6.07, 6.45) is 2.81. The van der Waals surface area contributed by atoms with Crippen LogP contribution in [0.3, 0.4) is 0 Å². The summed E-state index contributed by atoms with van der Waals surface area (Å²) >= 11 is 5.89. The standard InChI is InChI=1S/C17H17ClN6O3/c1-22-6-8-23(9-7-22)17(26)27-16-14-13(19-4-5-20-14)15(25)24(16)12-3-2-11(18)10-21-12/h2-5,10,16H,6-9H2,1H3/p+1/t16-/m1/s1. The normalized spacial score (nSPS) is 19.9. The number of pyridine rings is 1. The molecule has 2 aromatic heterocycles. The second-order valence-corrected chi connectivity index (χ2v) is 6.92. The number of quaternary nitrogens is 1. The smallest absolute Gasteiger partial charge is 0.412 e. The average molecular weight is 390 g/mol. The number of aromatic nitrogens is 3. The highest BCUT2D eigenvalue weighted by Crippen LogP contribution is 2.35. The lowest BCUT2D eigenvalue weighted by Gasteiger charge is -2.31. The first-order chi connectivity index (χ1) is 13.0. The number of nitrogens with one attached hydrogen (secondary N) is 1. The summed E-state index contributed by atoms with van der Waals surface area (Å²) in [6, 6.07) is 3.20. The Morgan fingerprint density at radius 1 is 1.22 bits per heavy atom. The number of likely N-dealkylation sites (N-methyl/N-ethyl adjacent to an activating group) is 1. The second-order valence-electron chi connectivity index (χ2n) is 6.48. The number of hydrogen-bond acceptors (Lipinski definition) is 6. The van der Waals surface area contributed by atoms with Crippen LogP contribution in [0.25, 0.3) is 0 Å². The van der Waals surface area contributed by atoms with E-state index in [9.17, 15) is 9.59 Å². The van der Waals surface area contributed by atoms with Gasteiger partial charge in [-0.3, -0.25) is 14.7 Å². The first-order valence-corrected chi connectivity index (χ1v) is 8.95. The highest BCUT2D eigenvalue weighted by atomic mass is 35.5. The molecule has 140 valence electrons. The van der Waals surface area contributed by atoms with Crippen LogP contribution in [0.4, 0.5) is 10.6 Å². The molecule has 0 aromatic carbocycles. The highest BCUT2D eigenvalue weighted by Gasteiger charge is 2.44. The number of carbonyl (C=O) groups excluding carboxylic acids is 2. The zero-order chi connectivity index (χ0) is 19.0. The molecule has 2 aromatic rings. The number of nitrogens with zero attached hydrogens (tertiary/aromatic N) is 5. The molecule has 1 atom stereocenters. The minimum absolute atomic E-state index is 0.148. The van der Waals surface area contributed by atoms with Gasteiger partial charge in [0.1, 0.15) is 11.5 Å². The Hall–Kier alpha value is -2.78. The zero-order valence-corrected chi connectivity index (χ0v) is 15.4. The molecule has 1 fully saturated rings. The Bertz CT molecular complexity index is 869. The van der Waals surface area contributed by atoms with Crippen LogP contribution < -0.4 is 9.80 Å². The first-order valence-electron chi connectivity index (χ1n) is 8.57. The van der Waals surface area contributed by atoms with Gasteiger partial charge in [0.05, 0.1) is 38.2 Å². The average Bonchev–Trinajstić information content (AvgIpc) is 2.95. The fourth-order valence-corrected chi connectivity index (χ4v) is 3.23. The molecule has 27 heavy (non-hydrogen) atoms. The van der Waals surface area contributed by atoms with E-state index in [4.69, 9.17) is 16.3 Å². The van der Waals surface area contributed by atoms with Crippen molar-refractivity contribution >= 4 is 29.4 Å². The van der Waals surface area contributed by atoms with Gasteiger partial charge in [0, 0.05) is 18.6 Å². The number of rotatable bonds is 2. The van der Waals surface area contributed by atoms with Crippen molar-refractivity contribution in [3.05, 3.63) is 47.1 Å². The molecule has 10 heteroatoms. The maximum atomic E-state index is 12.8. The molecule has 0 spiro atoms. The van der Waals surface area contributed by atoms with E-state index in [0.717, 1.165) is 13.1 Å². The summed E-state index contributed by atoms with van der Waals surface area (Å²) in [6.45, 7) is 2.88. The predicted octanol–water partition coefficient (Wildman–Crippen LogP) is 0.151. The molecule has 0 aliphatic carbocycles. The predicted molar refractivity (Wildman–Crippen MR) is 95.5 cm³/mol. The van der Waals surface area contributed by atoms with Crippen LogP contribution in [0.5, 0.6) is 0 Å². The van der Waals surface area contributed by atoms with Gasteiger partial charge in [0.15, 0.2) is 5.69 Å². The van der Waals surface area contributed by atoms with Crippen molar-refractivity contribution in [2.24, 2.45) is 0 Å². The van der Waals surface area contributed by atoms with Crippen molar-refractivity contribution in [3.8, 4) is 0 Å². The molecule has 2 aliphatic rings. The number of halogens is 1. The second kappa shape index (κ2) is 7.09. The van der Waals surface area contributed by atoms with E-state index in [1.54, 1.807) is 17.0 Å². The van der Waals surface area contributed by atoms with E-state index < -0.39 is 18.2 Å². The third-order valence-electron chi connectivity index (χ3n) is 4.66. The lowest BCUT2D eigenvalue weighted by molar-refractivity contribution is -0.883. The number of amides is 2. The topological polar surface area (TPSA) is 93.0 Å². The monoisotopic (exact) mass is 389 g/mol. The van der Waals surface area contributed by atoms with Gasteiger partial charge in [-0.15, -0.1) is 0 Å². The van der Waals surface area contributed by atoms with Gasteiger partial charge in [0.2, 0.25) is 6.23 Å². The molecule has 4 heterocycles. The fraction of sp³-hybridized carbons (Fsp3) is 0.353. The van der Waals surface area contributed by atoms with Crippen LogP contribution in [0.2, 0.25) is 5.02 Å². The molecular formula is C17H18ClN6O3+. The summed E-state index contributed by atoms with van der Waals surface area (Å²) in [5.74, 6) is -0.113. The van der Waals surface area contributed by atoms with Crippen LogP contribution in [0.1, 0.15) is 22.4 Å². The Labute approximate surface area is 160 Å². The third kappa shape index (κ3) is 3.31. The van der Waals surface area contributed by atoms with Gasteiger partial charge >= 0.3 is 6.09 Å². The molecule has 0 radical (unpaired) electrons. The largest absolute Gasteiger partial charge is 0.419 e. The molecule has 1 saturated heterocycles. The quantitative estimate of drug-likeness (QED) is 0.786.